The first-order valence-corrected chi connectivity index (χ1v) is 8.68. The largest absolute Gasteiger partial charge is 0.369 e. The Balaban J connectivity index is 1.50. The summed E-state index contributed by atoms with van der Waals surface area (Å²) in [4.78, 5) is 15.4. The zero-order valence-corrected chi connectivity index (χ0v) is 14.4. The summed E-state index contributed by atoms with van der Waals surface area (Å²) in [6.07, 6.45) is 4.96. The highest BCUT2D eigenvalue weighted by Gasteiger charge is 2.09. The molecule has 130 valence electrons. The second-order valence-corrected chi connectivity index (χ2v) is 5.95. The highest BCUT2D eigenvalue weighted by atomic mass is 16.1. The predicted octanol–water partition coefficient (Wildman–Crippen LogP) is 3.14. The van der Waals surface area contributed by atoms with Gasteiger partial charge in [0.2, 0.25) is 0 Å². The van der Waals surface area contributed by atoms with E-state index in [4.69, 9.17) is 0 Å². The quantitative estimate of drug-likeness (QED) is 0.552. The van der Waals surface area contributed by atoms with Gasteiger partial charge in [0.25, 0.3) is 5.91 Å². The maximum absolute atomic E-state index is 12.2. The van der Waals surface area contributed by atoms with Crippen LogP contribution < -0.4 is 10.6 Å². The van der Waals surface area contributed by atoms with E-state index in [1.807, 2.05) is 24.4 Å². The zero-order chi connectivity index (χ0) is 17.5. The number of para-hydroxylation sites is 1. The Hall–Kier alpha value is -2.89. The van der Waals surface area contributed by atoms with Crippen molar-refractivity contribution in [2.24, 2.45) is 0 Å². The minimum atomic E-state index is -0.201. The number of fused-ring (bicyclic) bond motifs is 1. The number of carbonyl (C=O) groups excluding carboxylic acids is 1. The molecule has 0 aliphatic rings. The van der Waals surface area contributed by atoms with E-state index < -0.39 is 0 Å². The normalized spacial score (nSPS) is 10.8. The summed E-state index contributed by atoms with van der Waals surface area (Å²) in [5.74, 6) is 0.497. The number of aromatic nitrogens is 3. The van der Waals surface area contributed by atoms with E-state index in [1.165, 1.54) is 10.9 Å². The molecule has 0 saturated heterocycles. The number of H-pyrrole nitrogens is 1. The summed E-state index contributed by atoms with van der Waals surface area (Å²) < 4.78 is 0. The molecule has 3 rings (SSSR count). The zero-order valence-electron chi connectivity index (χ0n) is 14.4. The maximum Gasteiger partial charge on any atom is 0.271 e. The summed E-state index contributed by atoms with van der Waals surface area (Å²) in [6.45, 7) is 3.55. The molecular weight excluding hydrogens is 314 g/mol. The molecule has 0 atom stereocenters. The lowest BCUT2D eigenvalue weighted by Gasteiger charge is -2.06. The van der Waals surface area contributed by atoms with Crippen LogP contribution in [0.5, 0.6) is 0 Å². The van der Waals surface area contributed by atoms with Crippen molar-refractivity contribution < 1.29 is 4.79 Å². The smallest absolute Gasteiger partial charge is 0.271 e. The van der Waals surface area contributed by atoms with Crippen molar-refractivity contribution in [3.63, 3.8) is 0 Å². The number of hydrogen-bond acceptors (Lipinski definition) is 4. The molecule has 2 aromatic heterocycles. The molecular formula is C19H23N5O. The minimum Gasteiger partial charge on any atom is -0.369 e. The van der Waals surface area contributed by atoms with Crippen molar-refractivity contribution in [1.82, 2.24) is 20.5 Å². The SMILES string of the molecule is CCCCNc1ccc(C(=O)NCCc2c[nH]c3ccccc23)nn1. The Bertz CT molecular complexity index is 825. The third-order valence-corrected chi connectivity index (χ3v) is 4.09. The number of benzene rings is 1. The highest BCUT2D eigenvalue weighted by Crippen LogP contribution is 2.17. The topological polar surface area (TPSA) is 82.7 Å². The van der Waals surface area contributed by atoms with Crippen LogP contribution in [0.3, 0.4) is 0 Å². The van der Waals surface area contributed by atoms with Gasteiger partial charge in [0.05, 0.1) is 0 Å². The van der Waals surface area contributed by atoms with Crippen LogP contribution in [0.4, 0.5) is 5.82 Å². The van der Waals surface area contributed by atoms with Crippen LogP contribution in [0.15, 0.2) is 42.6 Å². The lowest BCUT2D eigenvalue weighted by Crippen LogP contribution is -2.26. The Morgan fingerprint density at radius 2 is 2.00 bits per heavy atom. The van der Waals surface area contributed by atoms with Crippen molar-refractivity contribution in [2.75, 3.05) is 18.4 Å². The maximum atomic E-state index is 12.2. The van der Waals surface area contributed by atoms with Crippen LogP contribution in [0.1, 0.15) is 35.8 Å². The fourth-order valence-corrected chi connectivity index (χ4v) is 2.68. The van der Waals surface area contributed by atoms with Gasteiger partial charge < -0.3 is 15.6 Å². The van der Waals surface area contributed by atoms with Gasteiger partial charge in [-0.2, -0.15) is 0 Å². The van der Waals surface area contributed by atoms with Gasteiger partial charge in [-0.25, -0.2) is 0 Å². The first-order chi connectivity index (χ1) is 12.3. The molecule has 3 aromatic rings. The molecule has 3 N–H and O–H groups in total. The summed E-state index contributed by atoms with van der Waals surface area (Å²) in [5.41, 5.74) is 2.64. The summed E-state index contributed by atoms with van der Waals surface area (Å²) in [7, 11) is 0. The molecule has 0 radical (unpaired) electrons. The number of nitrogens with one attached hydrogen (secondary N) is 3. The van der Waals surface area contributed by atoms with Gasteiger partial charge in [-0.15, -0.1) is 10.2 Å². The van der Waals surface area contributed by atoms with E-state index in [2.05, 4.69) is 38.8 Å². The molecule has 0 aliphatic carbocycles. The number of rotatable bonds is 8. The molecule has 0 unspecified atom stereocenters. The molecule has 6 nitrogen and oxygen atoms in total. The van der Waals surface area contributed by atoms with Crippen molar-refractivity contribution in [3.05, 3.63) is 53.9 Å². The second-order valence-electron chi connectivity index (χ2n) is 5.95. The first-order valence-electron chi connectivity index (χ1n) is 8.68. The van der Waals surface area contributed by atoms with E-state index in [9.17, 15) is 4.79 Å². The van der Waals surface area contributed by atoms with Gasteiger partial charge in [0.15, 0.2) is 5.69 Å². The van der Waals surface area contributed by atoms with Crippen molar-refractivity contribution in [1.29, 1.82) is 0 Å². The number of aromatic amines is 1. The van der Waals surface area contributed by atoms with Crippen molar-refractivity contribution >= 4 is 22.6 Å². The number of carbonyl (C=O) groups is 1. The monoisotopic (exact) mass is 337 g/mol. The van der Waals surface area contributed by atoms with Crippen molar-refractivity contribution in [3.8, 4) is 0 Å². The van der Waals surface area contributed by atoms with Crippen LogP contribution in [0.2, 0.25) is 0 Å². The van der Waals surface area contributed by atoms with E-state index in [0.717, 1.165) is 31.3 Å². The lowest BCUT2D eigenvalue weighted by molar-refractivity contribution is 0.0948. The average molecular weight is 337 g/mol. The fourth-order valence-electron chi connectivity index (χ4n) is 2.68. The third kappa shape index (κ3) is 4.35. The van der Waals surface area contributed by atoms with E-state index in [0.29, 0.717) is 18.1 Å². The average Bonchev–Trinajstić information content (AvgIpc) is 3.06. The van der Waals surface area contributed by atoms with Crippen LogP contribution >= 0.6 is 0 Å². The predicted molar refractivity (Wildman–Crippen MR) is 99.8 cm³/mol. The van der Waals surface area contributed by atoms with Crippen LogP contribution in [0, 0.1) is 0 Å². The van der Waals surface area contributed by atoms with Gasteiger partial charge in [-0.3, -0.25) is 4.79 Å². The Morgan fingerprint density at radius 3 is 2.80 bits per heavy atom. The van der Waals surface area contributed by atoms with Gasteiger partial charge in [0.1, 0.15) is 5.82 Å². The molecule has 6 heteroatoms. The van der Waals surface area contributed by atoms with E-state index in [1.54, 1.807) is 12.1 Å². The highest BCUT2D eigenvalue weighted by molar-refractivity contribution is 5.92. The Kier molecular flexibility index (Phi) is 5.61. The van der Waals surface area contributed by atoms with Gasteiger partial charge in [-0.05, 0) is 36.6 Å². The van der Waals surface area contributed by atoms with E-state index >= 15 is 0 Å². The van der Waals surface area contributed by atoms with Gasteiger partial charge in [0, 0.05) is 30.2 Å². The van der Waals surface area contributed by atoms with Gasteiger partial charge >= 0.3 is 0 Å². The molecule has 0 spiro atoms. The number of nitrogens with zero attached hydrogens (tertiary/aromatic N) is 2. The molecule has 0 fully saturated rings. The number of unbranched alkanes of at least 4 members (excludes halogenated alkanes) is 1. The van der Waals surface area contributed by atoms with Crippen LogP contribution in [-0.4, -0.2) is 34.2 Å². The minimum absolute atomic E-state index is 0.201. The Morgan fingerprint density at radius 1 is 1.12 bits per heavy atom. The first kappa shape index (κ1) is 17.0. The molecule has 2 heterocycles. The molecule has 0 aliphatic heterocycles. The molecule has 25 heavy (non-hydrogen) atoms. The summed E-state index contributed by atoms with van der Waals surface area (Å²) in [5, 5.41) is 15.3. The molecule has 1 amide bonds. The van der Waals surface area contributed by atoms with Gasteiger partial charge in [-0.1, -0.05) is 31.5 Å². The number of amides is 1. The van der Waals surface area contributed by atoms with Crippen molar-refractivity contribution in [2.45, 2.75) is 26.2 Å². The number of hydrogen-bond donors (Lipinski definition) is 3. The molecule has 0 bridgehead atoms. The molecule has 0 saturated carbocycles. The Labute approximate surface area is 147 Å². The van der Waals surface area contributed by atoms with Crippen LogP contribution in [0.25, 0.3) is 10.9 Å². The van der Waals surface area contributed by atoms with E-state index in [-0.39, 0.29) is 5.91 Å². The third-order valence-electron chi connectivity index (χ3n) is 4.09. The second kappa shape index (κ2) is 8.28. The number of anilines is 1. The fraction of sp³-hybridized carbons (Fsp3) is 0.316. The summed E-state index contributed by atoms with van der Waals surface area (Å²) >= 11 is 0. The summed E-state index contributed by atoms with van der Waals surface area (Å²) in [6, 6.07) is 11.6. The standard InChI is InChI=1S/C19H23N5O/c1-2-3-11-20-18-9-8-17(23-24-18)19(25)21-12-10-14-13-22-16-7-5-4-6-15(14)16/h4-9,13,22H,2-3,10-12H2,1H3,(H,20,24)(H,21,25). The lowest BCUT2D eigenvalue weighted by atomic mass is 10.1. The molecule has 1 aromatic carbocycles. The van der Waals surface area contributed by atoms with Crippen LogP contribution in [-0.2, 0) is 6.42 Å².